The second kappa shape index (κ2) is 7.34. The van der Waals surface area contributed by atoms with Crippen LogP contribution in [0.15, 0.2) is 12.1 Å². The van der Waals surface area contributed by atoms with Crippen molar-refractivity contribution >= 4 is 5.91 Å². The molecule has 0 radical (unpaired) electrons. The first-order valence-electron chi connectivity index (χ1n) is 9.37. The molecule has 1 amide bonds. The smallest absolute Gasteiger partial charge is 0.422 e. The summed E-state index contributed by atoms with van der Waals surface area (Å²) in [6.45, 7) is 4.57. The first kappa shape index (κ1) is 20.0. The number of benzene rings is 1. The maximum Gasteiger partial charge on any atom is 0.422 e. The van der Waals surface area contributed by atoms with E-state index in [-0.39, 0.29) is 23.0 Å². The lowest BCUT2D eigenvalue weighted by Gasteiger charge is -2.25. The Balaban J connectivity index is 1.62. The lowest BCUT2D eigenvalue weighted by Crippen LogP contribution is -2.34. The van der Waals surface area contributed by atoms with Crippen molar-refractivity contribution in [2.45, 2.75) is 45.8 Å². The third-order valence-electron chi connectivity index (χ3n) is 5.78. The second-order valence-corrected chi connectivity index (χ2v) is 8.03. The molecule has 1 atom stereocenters. The molecule has 1 unspecified atom stereocenters. The van der Waals surface area contributed by atoms with Crippen LogP contribution in [0.3, 0.4) is 0 Å². The molecule has 27 heavy (non-hydrogen) atoms. The maximum absolute atomic E-state index is 12.8. The molecular formula is C20H27F3N2O2. The molecule has 1 aromatic rings. The van der Waals surface area contributed by atoms with Gasteiger partial charge >= 0.3 is 6.18 Å². The number of piperidine rings is 1. The summed E-state index contributed by atoms with van der Waals surface area (Å²) in [7, 11) is 1.80. The summed E-state index contributed by atoms with van der Waals surface area (Å²) in [5.41, 5.74) is 2.39. The van der Waals surface area contributed by atoms with Gasteiger partial charge in [-0.15, -0.1) is 0 Å². The van der Waals surface area contributed by atoms with Crippen LogP contribution in [0.1, 0.15) is 36.0 Å². The van der Waals surface area contributed by atoms with Crippen molar-refractivity contribution in [3.05, 3.63) is 28.8 Å². The molecule has 1 saturated carbocycles. The molecule has 1 aliphatic heterocycles. The summed E-state index contributed by atoms with van der Waals surface area (Å²) in [6, 6.07) is 3.60. The Bertz CT molecular complexity index is 689. The molecule has 4 nitrogen and oxygen atoms in total. The number of rotatable bonds is 5. The SMILES string of the molecule is Cc1cc(CN(C)C(=O)C2CC23CCNCC3)cc(C)c1OCC(F)(F)F. The fourth-order valence-electron chi connectivity index (χ4n) is 4.30. The third-order valence-corrected chi connectivity index (χ3v) is 5.78. The van der Waals surface area contributed by atoms with Crippen LogP contribution < -0.4 is 10.1 Å². The molecule has 0 aromatic heterocycles. The minimum Gasteiger partial charge on any atom is -0.484 e. The molecular weight excluding hydrogens is 357 g/mol. The number of aryl methyl sites for hydroxylation is 2. The van der Waals surface area contributed by atoms with Gasteiger partial charge < -0.3 is 15.0 Å². The number of hydrogen-bond donors (Lipinski definition) is 1. The van der Waals surface area contributed by atoms with Crippen LogP contribution in [0.2, 0.25) is 0 Å². The van der Waals surface area contributed by atoms with E-state index in [1.54, 1.807) is 37.9 Å². The van der Waals surface area contributed by atoms with Gasteiger partial charge in [-0.25, -0.2) is 0 Å². The molecule has 2 fully saturated rings. The number of amides is 1. The lowest BCUT2D eigenvalue weighted by molar-refractivity contribution is -0.153. The topological polar surface area (TPSA) is 41.6 Å². The van der Waals surface area contributed by atoms with Crippen LogP contribution in [0.25, 0.3) is 0 Å². The predicted octanol–water partition coefficient (Wildman–Crippen LogP) is 3.59. The number of carbonyl (C=O) groups is 1. The summed E-state index contributed by atoms with van der Waals surface area (Å²) < 4.78 is 42.2. The molecule has 0 bridgehead atoms. The van der Waals surface area contributed by atoms with Gasteiger partial charge in [-0.2, -0.15) is 13.2 Å². The van der Waals surface area contributed by atoms with Gasteiger partial charge in [-0.3, -0.25) is 4.79 Å². The van der Waals surface area contributed by atoms with Gasteiger partial charge in [0.2, 0.25) is 5.91 Å². The molecule has 1 saturated heterocycles. The molecule has 1 aliphatic carbocycles. The average molecular weight is 384 g/mol. The summed E-state index contributed by atoms with van der Waals surface area (Å²) in [6.07, 6.45) is -1.28. The Morgan fingerprint density at radius 2 is 1.85 bits per heavy atom. The van der Waals surface area contributed by atoms with Gasteiger partial charge in [0.25, 0.3) is 0 Å². The van der Waals surface area contributed by atoms with Crippen molar-refractivity contribution < 1.29 is 22.7 Å². The normalized spacial score (nSPS) is 21.2. The average Bonchev–Trinajstić information content (AvgIpc) is 3.25. The monoisotopic (exact) mass is 384 g/mol. The van der Waals surface area contributed by atoms with Gasteiger partial charge in [-0.1, -0.05) is 12.1 Å². The molecule has 1 aromatic carbocycles. The van der Waals surface area contributed by atoms with Crippen LogP contribution in [0, 0.1) is 25.2 Å². The number of nitrogens with one attached hydrogen (secondary N) is 1. The van der Waals surface area contributed by atoms with Gasteiger partial charge in [0.15, 0.2) is 6.61 Å². The fourth-order valence-corrected chi connectivity index (χ4v) is 4.30. The third kappa shape index (κ3) is 4.57. The van der Waals surface area contributed by atoms with E-state index in [1.807, 2.05) is 0 Å². The molecule has 2 aliphatic rings. The minimum atomic E-state index is -4.36. The molecule has 7 heteroatoms. The van der Waals surface area contributed by atoms with Gasteiger partial charge in [-0.05, 0) is 68.3 Å². The largest absolute Gasteiger partial charge is 0.484 e. The summed E-state index contributed by atoms with van der Waals surface area (Å²) in [5, 5.41) is 3.34. The van der Waals surface area contributed by atoms with Crippen molar-refractivity contribution in [3.8, 4) is 5.75 Å². The van der Waals surface area contributed by atoms with Gasteiger partial charge in [0, 0.05) is 19.5 Å². The Morgan fingerprint density at radius 3 is 2.41 bits per heavy atom. The van der Waals surface area contributed by atoms with E-state index in [9.17, 15) is 18.0 Å². The highest BCUT2D eigenvalue weighted by atomic mass is 19.4. The highest BCUT2D eigenvalue weighted by Gasteiger charge is 2.58. The summed E-state index contributed by atoms with van der Waals surface area (Å²) in [4.78, 5) is 14.5. The van der Waals surface area contributed by atoms with E-state index in [4.69, 9.17) is 4.74 Å². The first-order chi connectivity index (χ1) is 12.6. The van der Waals surface area contributed by atoms with Crippen LogP contribution in [-0.4, -0.2) is 43.7 Å². The second-order valence-electron chi connectivity index (χ2n) is 8.03. The number of carbonyl (C=O) groups excluding carboxylic acids is 1. The molecule has 3 rings (SSSR count). The Kier molecular flexibility index (Phi) is 5.43. The van der Waals surface area contributed by atoms with Gasteiger partial charge in [0.05, 0.1) is 0 Å². The van der Waals surface area contributed by atoms with E-state index < -0.39 is 12.8 Å². The van der Waals surface area contributed by atoms with Crippen molar-refractivity contribution in [2.75, 3.05) is 26.7 Å². The van der Waals surface area contributed by atoms with Crippen LogP contribution in [0.4, 0.5) is 13.2 Å². The van der Waals surface area contributed by atoms with Crippen molar-refractivity contribution in [1.29, 1.82) is 0 Å². The molecule has 1 N–H and O–H groups in total. The molecule has 1 heterocycles. The summed E-state index contributed by atoms with van der Waals surface area (Å²) in [5.74, 6) is 0.548. The zero-order valence-electron chi connectivity index (χ0n) is 16.1. The Morgan fingerprint density at radius 1 is 1.26 bits per heavy atom. The van der Waals surface area contributed by atoms with Crippen LogP contribution >= 0.6 is 0 Å². The highest BCUT2D eigenvalue weighted by molar-refractivity contribution is 5.82. The van der Waals surface area contributed by atoms with E-state index >= 15 is 0 Å². The molecule has 1 spiro atoms. The number of nitrogens with zero attached hydrogens (tertiary/aromatic N) is 1. The summed E-state index contributed by atoms with van der Waals surface area (Å²) >= 11 is 0. The maximum atomic E-state index is 12.8. The Hall–Kier alpha value is -1.76. The quantitative estimate of drug-likeness (QED) is 0.844. The van der Waals surface area contributed by atoms with Crippen molar-refractivity contribution in [3.63, 3.8) is 0 Å². The Labute approximate surface area is 158 Å². The van der Waals surface area contributed by atoms with E-state index in [0.29, 0.717) is 17.7 Å². The zero-order chi connectivity index (χ0) is 19.8. The lowest BCUT2D eigenvalue weighted by atomic mass is 9.91. The predicted molar refractivity (Wildman–Crippen MR) is 96.6 cm³/mol. The van der Waals surface area contributed by atoms with Crippen molar-refractivity contribution in [2.24, 2.45) is 11.3 Å². The van der Waals surface area contributed by atoms with E-state index in [0.717, 1.165) is 37.9 Å². The zero-order valence-corrected chi connectivity index (χ0v) is 16.1. The standard InChI is InChI=1S/C20H27F3N2O2/c1-13-8-15(9-14(2)17(13)27-12-20(21,22)23)11-25(3)18(26)16-10-19(16)4-6-24-7-5-19/h8-9,16,24H,4-7,10-12H2,1-3H3. The minimum absolute atomic E-state index is 0.112. The number of alkyl halides is 3. The van der Waals surface area contributed by atoms with Crippen LogP contribution in [-0.2, 0) is 11.3 Å². The molecule has 150 valence electrons. The number of ether oxygens (including phenoxy) is 1. The van der Waals surface area contributed by atoms with E-state index in [1.165, 1.54) is 0 Å². The van der Waals surface area contributed by atoms with E-state index in [2.05, 4.69) is 5.32 Å². The number of halogens is 3. The van der Waals surface area contributed by atoms with Crippen molar-refractivity contribution in [1.82, 2.24) is 10.2 Å². The fraction of sp³-hybridized carbons (Fsp3) is 0.650. The van der Waals surface area contributed by atoms with Crippen LogP contribution in [0.5, 0.6) is 5.75 Å². The van der Waals surface area contributed by atoms with Gasteiger partial charge in [0.1, 0.15) is 5.75 Å². The first-order valence-corrected chi connectivity index (χ1v) is 9.37. The number of hydrogen-bond acceptors (Lipinski definition) is 3. The highest BCUT2D eigenvalue weighted by Crippen LogP contribution is 2.59.